The minimum Gasteiger partial charge on any atom is -0.324 e. The molecule has 5 heteroatoms. The van der Waals surface area contributed by atoms with Gasteiger partial charge in [0.1, 0.15) is 0 Å². The standard InChI is InChI=1S/C10H13NOS3/c12-10(7-14)11-8-3-1-2-4-9(8)15-6-5-13/h1-4,13-14H,5-7H2,(H,11,12). The number of nitrogens with one attached hydrogen (secondary N) is 1. The molecule has 0 fully saturated rings. The lowest BCUT2D eigenvalue weighted by atomic mass is 10.3. The van der Waals surface area contributed by atoms with Gasteiger partial charge < -0.3 is 5.32 Å². The zero-order valence-corrected chi connectivity index (χ0v) is 10.7. The van der Waals surface area contributed by atoms with Crippen LogP contribution in [-0.2, 0) is 4.79 Å². The Kier molecular flexibility index (Phi) is 6.05. The molecule has 0 aliphatic rings. The van der Waals surface area contributed by atoms with Gasteiger partial charge in [0, 0.05) is 10.6 Å². The van der Waals surface area contributed by atoms with E-state index in [2.05, 4.69) is 30.6 Å². The molecule has 0 radical (unpaired) electrons. The smallest absolute Gasteiger partial charge is 0.234 e. The number of thioether (sulfide) groups is 1. The first-order valence-corrected chi connectivity index (χ1v) is 6.76. The summed E-state index contributed by atoms with van der Waals surface area (Å²) < 4.78 is 0. The highest BCUT2D eigenvalue weighted by atomic mass is 32.2. The molecular formula is C10H13NOS3. The molecule has 0 unspecified atom stereocenters. The number of rotatable bonds is 5. The molecule has 1 aromatic carbocycles. The van der Waals surface area contributed by atoms with Crippen LogP contribution in [0.4, 0.5) is 5.69 Å². The van der Waals surface area contributed by atoms with Crippen LogP contribution in [0.5, 0.6) is 0 Å². The number of carbonyl (C=O) groups is 1. The Morgan fingerprint density at radius 3 is 2.73 bits per heavy atom. The van der Waals surface area contributed by atoms with Crippen molar-refractivity contribution in [3.63, 3.8) is 0 Å². The Bertz CT molecular complexity index is 330. The van der Waals surface area contributed by atoms with Gasteiger partial charge in [0.15, 0.2) is 0 Å². The van der Waals surface area contributed by atoms with E-state index in [4.69, 9.17) is 0 Å². The van der Waals surface area contributed by atoms with Crippen LogP contribution in [0.15, 0.2) is 29.2 Å². The van der Waals surface area contributed by atoms with Crippen molar-refractivity contribution in [3.8, 4) is 0 Å². The number of thiol groups is 2. The zero-order chi connectivity index (χ0) is 11.1. The average molecular weight is 259 g/mol. The van der Waals surface area contributed by atoms with E-state index < -0.39 is 0 Å². The van der Waals surface area contributed by atoms with Crippen LogP contribution in [-0.4, -0.2) is 23.2 Å². The highest BCUT2D eigenvalue weighted by Crippen LogP contribution is 2.26. The van der Waals surface area contributed by atoms with Gasteiger partial charge in [-0.1, -0.05) is 12.1 Å². The molecule has 0 atom stereocenters. The summed E-state index contributed by atoms with van der Waals surface area (Å²) in [5.41, 5.74) is 0.850. The summed E-state index contributed by atoms with van der Waals surface area (Å²) >= 11 is 9.76. The summed E-state index contributed by atoms with van der Waals surface area (Å²) in [6.45, 7) is 0. The van der Waals surface area contributed by atoms with Crippen LogP contribution in [0.25, 0.3) is 0 Å². The maximum atomic E-state index is 11.2. The van der Waals surface area contributed by atoms with E-state index >= 15 is 0 Å². The topological polar surface area (TPSA) is 29.1 Å². The highest BCUT2D eigenvalue weighted by Gasteiger charge is 2.04. The number of hydrogen-bond acceptors (Lipinski definition) is 4. The number of para-hydroxylation sites is 1. The van der Waals surface area contributed by atoms with E-state index in [1.54, 1.807) is 11.8 Å². The van der Waals surface area contributed by atoms with E-state index in [1.807, 2.05) is 24.3 Å². The molecule has 0 aliphatic carbocycles. The minimum absolute atomic E-state index is 0.0859. The summed E-state index contributed by atoms with van der Waals surface area (Å²) in [7, 11) is 0. The number of carbonyl (C=O) groups excluding carboxylic acids is 1. The summed E-state index contributed by atoms with van der Waals surface area (Å²) in [5, 5.41) is 2.81. The monoisotopic (exact) mass is 259 g/mol. The summed E-state index contributed by atoms with van der Waals surface area (Å²) in [6.07, 6.45) is 0. The zero-order valence-electron chi connectivity index (χ0n) is 8.14. The van der Waals surface area contributed by atoms with Gasteiger partial charge in [-0.05, 0) is 17.9 Å². The van der Waals surface area contributed by atoms with E-state index in [9.17, 15) is 4.79 Å². The molecule has 1 N–H and O–H groups in total. The molecule has 0 bridgehead atoms. The molecular weight excluding hydrogens is 246 g/mol. The van der Waals surface area contributed by atoms with Gasteiger partial charge in [0.05, 0.1) is 11.4 Å². The molecule has 0 heterocycles. The molecule has 0 saturated carbocycles. The molecule has 1 rings (SSSR count). The molecule has 2 nitrogen and oxygen atoms in total. The van der Waals surface area contributed by atoms with Gasteiger partial charge >= 0.3 is 0 Å². The molecule has 15 heavy (non-hydrogen) atoms. The first kappa shape index (κ1) is 12.8. The van der Waals surface area contributed by atoms with Crippen LogP contribution in [0, 0.1) is 0 Å². The van der Waals surface area contributed by atoms with Crippen molar-refractivity contribution in [2.45, 2.75) is 4.90 Å². The van der Waals surface area contributed by atoms with E-state index in [0.29, 0.717) is 0 Å². The summed E-state index contributed by atoms with van der Waals surface area (Å²) in [6, 6.07) is 7.74. The van der Waals surface area contributed by atoms with Crippen LogP contribution < -0.4 is 5.32 Å². The van der Waals surface area contributed by atoms with Gasteiger partial charge in [-0.3, -0.25) is 4.79 Å². The predicted octanol–water partition coefficient (Wildman–Crippen LogP) is 2.58. The third-order valence-corrected chi connectivity index (χ3v) is 3.54. The van der Waals surface area contributed by atoms with Crippen molar-refractivity contribution in [2.75, 3.05) is 22.6 Å². The highest BCUT2D eigenvalue weighted by molar-refractivity contribution is 8.00. The quantitative estimate of drug-likeness (QED) is 0.560. The molecule has 1 amide bonds. The largest absolute Gasteiger partial charge is 0.324 e. The summed E-state index contributed by atoms with van der Waals surface area (Å²) in [4.78, 5) is 12.3. The normalized spacial score (nSPS) is 10.0. The second-order valence-electron chi connectivity index (χ2n) is 2.77. The third kappa shape index (κ3) is 4.40. The van der Waals surface area contributed by atoms with Crippen LogP contribution in [0.3, 0.4) is 0 Å². The maximum Gasteiger partial charge on any atom is 0.234 e. The second-order valence-corrected chi connectivity index (χ2v) is 4.67. The van der Waals surface area contributed by atoms with Crippen molar-refractivity contribution in [3.05, 3.63) is 24.3 Å². The maximum absolute atomic E-state index is 11.2. The van der Waals surface area contributed by atoms with Gasteiger partial charge in [0.2, 0.25) is 5.91 Å². The Morgan fingerprint density at radius 2 is 2.07 bits per heavy atom. The number of hydrogen-bond donors (Lipinski definition) is 3. The SMILES string of the molecule is O=C(CS)Nc1ccccc1SCCS. The van der Waals surface area contributed by atoms with Crippen molar-refractivity contribution in [1.82, 2.24) is 0 Å². The summed E-state index contributed by atoms with van der Waals surface area (Å²) in [5.74, 6) is 1.86. The van der Waals surface area contributed by atoms with Crippen LogP contribution in [0.2, 0.25) is 0 Å². The molecule has 1 aromatic rings. The number of benzene rings is 1. The molecule has 0 aliphatic heterocycles. The van der Waals surface area contributed by atoms with E-state index in [0.717, 1.165) is 22.1 Å². The van der Waals surface area contributed by atoms with Crippen LogP contribution in [0.1, 0.15) is 0 Å². The third-order valence-electron chi connectivity index (χ3n) is 1.65. The van der Waals surface area contributed by atoms with Crippen molar-refractivity contribution >= 4 is 48.6 Å². The predicted molar refractivity (Wildman–Crippen MR) is 73.5 cm³/mol. The molecule has 0 aromatic heterocycles. The fourth-order valence-corrected chi connectivity index (χ4v) is 2.15. The Labute approximate surface area is 105 Å². The van der Waals surface area contributed by atoms with Crippen molar-refractivity contribution in [2.24, 2.45) is 0 Å². The molecule has 82 valence electrons. The number of amides is 1. The van der Waals surface area contributed by atoms with Crippen LogP contribution >= 0.6 is 37.0 Å². The second kappa shape index (κ2) is 7.09. The number of anilines is 1. The fraction of sp³-hybridized carbons (Fsp3) is 0.300. The first-order chi connectivity index (χ1) is 7.27. The van der Waals surface area contributed by atoms with Gasteiger partial charge in [-0.25, -0.2) is 0 Å². The Balaban J connectivity index is 2.72. The average Bonchev–Trinajstić information content (AvgIpc) is 2.28. The Morgan fingerprint density at radius 1 is 1.33 bits per heavy atom. The van der Waals surface area contributed by atoms with Gasteiger partial charge in [-0.2, -0.15) is 25.3 Å². The van der Waals surface area contributed by atoms with Gasteiger partial charge in [-0.15, -0.1) is 11.8 Å². The molecule has 0 saturated heterocycles. The lowest BCUT2D eigenvalue weighted by Crippen LogP contribution is -2.13. The molecule has 0 spiro atoms. The lowest BCUT2D eigenvalue weighted by molar-refractivity contribution is -0.113. The van der Waals surface area contributed by atoms with Crippen molar-refractivity contribution < 1.29 is 4.79 Å². The fourth-order valence-electron chi connectivity index (χ4n) is 1.04. The minimum atomic E-state index is -0.0859. The first-order valence-electron chi connectivity index (χ1n) is 4.51. The lowest BCUT2D eigenvalue weighted by Gasteiger charge is -2.08. The van der Waals surface area contributed by atoms with Crippen molar-refractivity contribution in [1.29, 1.82) is 0 Å². The Hall–Kier alpha value is -0.260. The van der Waals surface area contributed by atoms with E-state index in [-0.39, 0.29) is 11.7 Å². The van der Waals surface area contributed by atoms with E-state index in [1.165, 1.54) is 0 Å². The van der Waals surface area contributed by atoms with Gasteiger partial charge in [0.25, 0.3) is 0 Å².